The lowest BCUT2D eigenvalue weighted by molar-refractivity contribution is -0.142. The normalized spacial score (nSPS) is 19.2. The maximum absolute atomic E-state index is 12.5. The third-order valence-corrected chi connectivity index (χ3v) is 4.83. The molecule has 25 heavy (non-hydrogen) atoms. The van der Waals surface area contributed by atoms with Crippen molar-refractivity contribution >= 4 is 29.5 Å². The van der Waals surface area contributed by atoms with E-state index in [9.17, 15) is 19.5 Å². The van der Waals surface area contributed by atoms with Crippen LogP contribution in [0, 0.1) is 0 Å². The molecule has 8 nitrogen and oxygen atoms in total. The molecule has 0 spiro atoms. The highest BCUT2D eigenvalue weighted by Crippen LogP contribution is 2.08. The number of nitrogens with two attached hydrogens (primary N) is 1. The van der Waals surface area contributed by atoms with Crippen LogP contribution in [0.3, 0.4) is 0 Å². The van der Waals surface area contributed by atoms with E-state index in [1.165, 1.54) is 0 Å². The number of carboxylic acids is 1. The molecule has 0 radical (unpaired) electrons. The molecule has 0 aromatic heterocycles. The fraction of sp³-hybridized carbons (Fsp3) is 0.812. The number of nitrogens with one attached hydrogen (secondary N) is 3. The molecule has 9 heteroatoms. The van der Waals surface area contributed by atoms with E-state index in [2.05, 4.69) is 16.0 Å². The van der Waals surface area contributed by atoms with Crippen LogP contribution < -0.4 is 21.7 Å². The van der Waals surface area contributed by atoms with E-state index < -0.39 is 24.0 Å². The van der Waals surface area contributed by atoms with Crippen molar-refractivity contribution in [3.05, 3.63) is 0 Å². The number of carbonyl (C=O) groups excluding carboxylic acids is 2. The first-order valence-electron chi connectivity index (χ1n) is 8.75. The van der Waals surface area contributed by atoms with Crippen LogP contribution in [0.1, 0.15) is 38.5 Å². The van der Waals surface area contributed by atoms with Gasteiger partial charge in [0.1, 0.15) is 12.1 Å². The molecule has 2 amide bonds. The van der Waals surface area contributed by atoms with Gasteiger partial charge in [0, 0.05) is 0 Å². The lowest BCUT2D eigenvalue weighted by atomic mass is 10.1. The number of hydrogen-bond donors (Lipinski definition) is 5. The van der Waals surface area contributed by atoms with Gasteiger partial charge in [-0.1, -0.05) is 0 Å². The van der Waals surface area contributed by atoms with Gasteiger partial charge in [0.05, 0.1) is 6.04 Å². The van der Waals surface area contributed by atoms with Gasteiger partial charge >= 0.3 is 5.97 Å². The summed E-state index contributed by atoms with van der Waals surface area (Å²) in [5.41, 5.74) is 5.42. The molecule has 1 aliphatic heterocycles. The fourth-order valence-corrected chi connectivity index (χ4v) is 3.18. The fourth-order valence-electron chi connectivity index (χ4n) is 2.71. The Kier molecular flexibility index (Phi) is 10.5. The van der Waals surface area contributed by atoms with Gasteiger partial charge < -0.3 is 26.8 Å². The molecule has 6 N–H and O–H groups in total. The van der Waals surface area contributed by atoms with E-state index in [0.717, 1.165) is 19.4 Å². The lowest BCUT2D eigenvalue weighted by Crippen LogP contribution is -2.54. The Labute approximate surface area is 153 Å². The van der Waals surface area contributed by atoms with Crippen LogP contribution in [0.4, 0.5) is 0 Å². The highest BCUT2D eigenvalue weighted by Gasteiger charge is 2.29. The van der Waals surface area contributed by atoms with Crippen molar-refractivity contribution < 1.29 is 19.5 Å². The third kappa shape index (κ3) is 8.06. The molecule has 1 rings (SSSR count). The largest absolute Gasteiger partial charge is 0.480 e. The molecular weight excluding hydrogens is 344 g/mol. The van der Waals surface area contributed by atoms with Crippen molar-refractivity contribution in [2.75, 3.05) is 25.1 Å². The van der Waals surface area contributed by atoms with Crippen molar-refractivity contribution in [3.63, 3.8) is 0 Å². The van der Waals surface area contributed by atoms with Crippen molar-refractivity contribution in [2.24, 2.45) is 5.73 Å². The average Bonchev–Trinajstić information content (AvgIpc) is 3.12. The second-order valence-electron chi connectivity index (χ2n) is 6.18. The summed E-state index contributed by atoms with van der Waals surface area (Å²) in [7, 11) is 0. The Bertz CT molecular complexity index is 444. The van der Waals surface area contributed by atoms with Gasteiger partial charge in [-0.05, 0) is 63.6 Å². The molecule has 3 atom stereocenters. The van der Waals surface area contributed by atoms with Gasteiger partial charge in [0.15, 0.2) is 0 Å². The number of hydrogen-bond acceptors (Lipinski definition) is 6. The topological polar surface area (TPSA) is 134 Å². The molecule has 1 saturated heterocycles. The van der Waals surface area contributed by atoms with Crippen LogP contribution in [0.2, 0.25) is 0 Å². The van der Waals surface area contributed by atoms with Crippen molar-refractivity contribution in [2.45, 2.75) is 56.7 Å². The molecule has 0 aliphatic carbocycles. The van der Waals surface area contributed by atoms with Crippen LogP contribution in [0.15, 0.2) is 0 Å². The van der Waals surface area contributed by atoms with Gasteiger partial charge in [-0.2, -0.15) is 11.8 Å². The molecular formula is C16H30N4O4S. The number of unbranched alkanes of at least 4 members (excludes halogenated alkanes) is 1. The number of carbonyl (C=O) groups is 3. The summed E-state index contributed by atoms with van der Waals surface area (Å²) in [6.45, 7) is 1.28. The molecule has 1 fully saturated rings. The minimum absolute atomic E-state index is 0.200. The Hall–Kier alpha value is -1.32. The first kappa shape index (κ1) is 21.7. The zero-order chi connectivity index (χ0) is 18.7. The third-order valence-electron chi connectivity index (χ3n) is 4.18. The van der Waals surface area contributed by atoms with E-state index in [1.54, 1.807) is 11.8 Å². The number of rotatable bonds is 12. The molecule has 0 aromatic rings. The van der Waals surface area contributed by atoms with Crippen molar-refractivity contribution in [3.8, 4) is 0 Å². The molecule has 0 bridgehead atoms. The van der Waals surface area contributed by atoms with E-state index in [4.69, 9.17) is 5.73 Å². The average molecular weight is 375 g/mol. The van der Waals surface area contributed by atoms with Crippen LogP contribution in [-0.2, 0) is 14.4 Å². The lowest BCUT2D eigenvalue weighted by Gasteiger charge is -2.22. The van der Waals surface area contributed by atoms with E-state index in [-0.39, 0.29) is 11.9 Å². The number of thioether (sulfide) groups is 1. The summed E-state index contributed by atoms with van der Waals surface area (Å²) in [5, 5.41) is 17.7. The maximum Gasteiger partial charge on any atom is 0.326 e. The predicted molar refractivity (Wildman–Crippen MR) is 98.4 cm³/mol. The first-order valence-corrected chi connectivity index (χ1v) is 10.1. The predicted octanol–water partition coefficient (Wildman–Crippen LogP) is -0.325. The molecule has 0 aromatic carbocycles. The van der Waals surface area contributed by atoms with E-state index in [1.807, 2.05) is 6.26 Å². The Morgan fingerprint density at radius 3 is 2.56 bits per heavy atom. The van der Waals surface area contributed by atoms with Crippen LogP contribution in [0.25, 0.3) is 0 Å². The monoisotopic (exact) mass is 374 g/mol. The van der Waals surface area contributed by atoms with Crippen LogP contribution in [-0.4, -0.2) is 66.1 Å². The van der Waals surface area contributed by atoms with Gasteiger partial charge in [-0.3, -0.25) is 9.59 Å². The SMILES string of the molecule is CSCCC(NC(=O)C1CCCN1)C(=O)NC(CCCCN)C(=O)O. The van der Waals surface area contributed by atoms with Crippen LogP contribution >= 0.6 is 11.8 Å². The Balaban J connectivity index is 2.63. The summed E-state index contributed by atoms with van der Waals surface area (Å²) in [6.07, 6.45) is 5.72. The first-order chi connectivity index (χ1) is 12.0. The second-order valence-corrected chi connectivity index (χ2v) is 7.16. The number of aliphatic carboxylic acids is 1. The summed E-state index contributed by atoms with van der Waals surface area (Å²) >= 11 is 1.57. The van der Waals surface area contributed by atoms with Crippen LogP contribution in [0.5, 0.6) is 0 Å². The molecule has 144 valence electrons. The minimum Gasteiger partial charge on any atom is -0.480 e. The van der Waals surface area contributed by atoms with Crippen molar-refractivity contribution in [1.29, 1.82) is 0 Å². The summed E-state index contributed by atoms with van der Waals surface area (Å²) in [6, 6.07) is -1.96. The standard InChI is InChI=1S/C16H30N4O4S/c1-25-10-7-12(19-14(21)11-6-4-9-18-11)15(22)20-13(16(23)24)5-2-3-8-17/h11-13,18H,2-10,17H2,1H3,(H,19,21)(H,20,22)(H,23,24). The number of carboxylic acid groups (broad SMARTS) is 1. The van der Waals surface area contributed by atoms with Crippen molar-refractivity contribution in [1.82, 2.24) is 16.0 Å². The Morgan fingerprint density at radius 1 is 1.24 bits per heavy atom. The molecule has 0 saturated carbocycles. The minimum atomic E-state index is -1.07. The smallest absolute Gasteiger partial charge is 0.326 e. The Morgan fingerprint density at radius 2 is 2.00 bits per heavy atom. The summed E-state index contributed by atoms with van der Waals surface area (Å²) in [5.74, 6) is -1.02. The zero-order valence-corrected chi connectivity index (χ0v) is 15.6. The van der Waals surface area contributed by atoms with Gasteiger partial charge in [0.2, 0.25) is 11.8 Å². The number of amides is 2. The molecule has 1 aliphatic rings. The molecule has 3 unspecified atom stereocenters. The van der Waals surface area contributed by atoms with Gasteiger partial charge in [-0.25, -0.2) is 4.79 Å². The van der Waals surface area contributed by atoms with E-state index in [0.29, 0.717) is 38.0 Å². The highest BCUT2D eigenvalue weighted by molar-refractivity contribution is 7.98. The van der Waals surface area contributed by atoms with Gasteiger partial charge in [-0.15, -0.1) is 0 Å². The maximum atomic E-state index is 12.5. The van der Waals surface area contributed by atoms with Gasteiger partial charge in [0.25, 0.3) is 0 Å². The summed E-state index contributed by atoms with van der Waals surface area (Å²) < 4.78 is 0. The summed E-state index contributed by atoms with van der Waals surface area (Å²) in [4.78, 5) is 36.1. The second kappa shape index (κ2) is 12.1. The highest BCUT2D eigenvalue weighted by atomic mass is 32.2. The quantitative estimate of drug-likeness (QED) is 0.295. The molecule has 1 heterocycles. The van der Waals surface area contributed by atoms with E-state index >= 15 is 0 Å². The zero-order valence-electron chi connectivity index (χ0n) is 14.8.